The van der Waals surface area contributed by atoms with E-state index < -0.39 is 5.97 Å². The molecule has 5 aromatic rings. The van der Waals surface area contributed by atoms with Gasteiger partial charge < -0.3 is 13.6 Å². The molecule has 0 fully saturated rings. The van der Waals surface area contributed by atoms with Crippen molar-refractivity contribution in [1.29, 1.82) is 0 Å². The van der Waals surface area contributed by atoms with Crippen molar-refractivity contribution in [2.24, 2.45) is 0 Å². The molecule has 0 radical (unpaired) electrons. The zero-order valence-electron chi connectivity index (χ0n) is 15.8. The Morgan fingerprint density at radius 1 is 0.793 bits per heavy atom. The van der Waals surface area contributed by atoms with Crippen LogP contribution in [0.25, 0.3) is 45.1 Å². The number of esters is 1. The first-order valence-corrected chi connectivity index (χ1v) is 9.09. The lowest BCUT2D eigenvalue weighted by Gasteiger charge is -1.98. The number of para-hydroxylation sites is 2. The summed E-state index contributed by atoms with van der Waals surface area (Å²) >= 11 is 0. The van der Waals surface area contributed by atoms with Crippen LogP contribution in [-0.4, -0.2) is 23.0 Å². The normalized spacial score (nSPS) is 11.2. The molecule has 142 valence electrons. The molecule has 2 heterocycles. The van der Waals surface area contributed by atoms with E-state index in [9.17, 15) is 4.79 Å². The third kappa shape index (κ3) is 2.77. The van der Waals surface area contributed by atoms with Crippen molar-refractivity contribution in [2.45, 2.75) is 6.92 Å². The highest BCUT2D eigenvalue weighted by Crippen LogP contribution is 2.34. The van der Waals surface area contributed by atoms with Gasteiger partial charge in [0, 0.05) is 5.56 Å². The van der Waals surface area contributed by atoms with E-state index in [-0.39, 0.29) is 0 Å². The molecule has 0 saturated heterocycles. The van der Waals surface area contributed by atoms with E-state index in [2.05, 4.69) is 4.98 Å². The summed E-state index contributed by atoms with van der Waals surface area (Å²) in [4.78, 5) is 21.3. The Balaban J connectivity index is 1.70. The fourth-order valence-electron chi connectivity index (χ4n) is 3.39. The van der Waals surface area contributed by atoms with Crippen molar-refractivity contribution in [2.75, 3.05) is 7.11 Å². The summed E-state index contributed by atoms with van der Waals surface area (Å²) < 4.78 is 16.8. The average molecular weight is 384 g/mol. The minimum Gasteiger partial charge on any atom is -0.465 e. The van der Waals surface area contributed by atoms with Gasteiger partial charge in [0.05, 0.1) is 18.2 Å². The summed E-state index contributed by atoms with van der Waals surface area (Å²) in [6.45, 7) is 2.01. The molecule has 6 heteroatoms. The molecule has 0 N–H and O–H groups in total. The molecule has 0 atom stereocenters. The second kappa shape index (κ2) is 6.60. The molecule has 0 aliphatic carbocycles. The number of fused-ring (bicyclic) bond motifs is 2. The first kappa shape index (κ1) is 17.2. The number of ether oxygens (including phenoxy) is 1. The van der Waals surface area contributed by atoms with Crippen LogP contribution in [0.2, 0.25) is 0 Å². The Labute approximate surface area is 165 Å². The molecule has 2 aromatic heterocycles. The summed E-state index contributed by atoms with van der Waals surface area (Å²) in [7, 11) is 1.34. The van der Waals surface area contributed by atoms with Crippen molar-refractivity contribution >= 4 is 28.2 Å². The summed E-state index contributed by atoms with van der Waals surface area (Å²) in [5, 5.41) is 0. The Kier molecular flexibility index (Phi) is 3.91. The smallest absolute Gasteiger partial charge is 0.340 e. The van der Waals surface area contributed by atoms with Gasteiger partial charge in [0.1, 0.15) is 11.0 Å². The van der Waals surface area contributed by atoms with Crippen LogP contribution in [0.1, 0.15) is 15.9 Å². The molecule has 6 nitrogen and oxygen atoms in total. The Hall–Kier alpha value is -3.93. The fourth-order valence-corrected chi connectivity index (χ4v) is 3.39. The maximum Gasteiger partial charge on any atom is 0.340 e. The first-order valence-electron chi connectivity index (χ1n) is 9.09. The van der Waals surface area contributed by atoms with Gasteiger partial charge in [-0.3, -0.25) is 0 Å². The first-order chi connectivity index (χ1) is 14.2. The minimum absolute atomic E-state index is 0.355. The molecule has 0 unspecified atom stereocenters. The van der Waals surface area contributed by atoms with E-state index in [0.29, 0.717) is 45.1 Å². The van der Waals surface area contributed by atoms with Crippen molar-refractivity contribution in [1.82, 2.24) is 9.97 Å². The number of oxazole rings is 2. The minimum atomic E-state index is -0.461. The van der Waals surface area contributed by atoms with Crippen LogP contribution >= 0.6 is 0 Å². The van der Waals surface area contributed by atoms with Gasteiger partial charge >= 0.3 is 5.97 Å². The molecule has 5 rings (SSSR count). The predicted octanol–water partition coefficient (Wildman–Crippen LogP) is 5.40. The van der Waals surface area contributed by atoms with Crippen LogP contribution < -0.4 is 0 Å². The fraction of sp³-hybridized carbons (Fsp3) is 0.0870. The molecule has 0 spiro atoms. The van der Waals surface area contributed by atoms with E-state index in [1.165, 1.54) is 7.11 Å². The van der Waals surface area contributed by atoms with E-state index in [1.54, 1.807) is 18.2 Å². The number of aromatic nitrogens is 2. The van der Waals surface area contributed by atoms with Crippen LogP contribution in [0.5, 0.6) is 0 Å². The maximum absolute atomic E-state index is 12.0. The third-order valence-corrected chi connectivity index (χ3v) is 4.85. The number of rotatable bonds is 3. The van der Waals surface area contributed by atoms with Gasteiger partial charge in [-0.25, -0.2) is 14.8 Å². The van der Waals surface area contributed by atoms with Crippen molar-refractivity contribution < 1.29 is 18.4 Å². The zero-order chi connectivity index (χ0) is 20.0. The number of benzene rings is 3. The van der Waals surface area contributed by atoms with Gasteiger partial charge in [-0.05, 0) is 42.8 Å². The van der Waals surface area contributed by atoms with Crippen LogP contribution in [0.15, 0.2) is 69.5 Å². The Morgan fingerprint density at radius 3 is 2.17 bits per heavy atom. The highest BCUT2D eigenvalue weighted by Gasteiger charge is 2.20. The van der Waals surface area contributed by atoms with Gasteiger partial charge in [-0.1, -0.05) is 30.3 Å². The summed E-state index contributed by atoms with van der Waals surface area (Å²) in [6, 6.07) is 18.7. The quantitative estimate of drug-likeness (QED) is 0.388. The summed E-state index contributed by atoms with van der Waals surface area (Å²) in [6.07, 6.45) is 0. The molecule has 0 aliphatic rings. The maximum atomic E-state index is 12.0. The lowest BCUT2D eigenvalue weighted by Crippen LogP contribution is -2.01. The molecule has 0 bridgehead atoms. The third-order valence-electron chi connectivity index (χ3n) is 4.85. The van der Waals surface area contributed by atoms with E-state index in [4.69, 9.17) is 18.6 Å². The Morgan fingerprint density at radius 2 is 1.41 bits per heavy atom. The lowest BCUT2D eigenvalue weighted by molar-refractivity contribution is 0.0602. The summed E-state index contributed by atoms with van der Waals surface area (Å²) in [5.41, 5.74) is 5.29. The number of carbonyl (C=O) groups is 1. The van der Waals surface area contributed by atoms with Gasteiger partial charge in [-0.15, -0.1) is 0 Å². The summed E-state index contributed by atoms with van der Waals surface area (Å²) in [5.74, 6) is 0.445. The number of nitrogens with zero attached hydrogens (tertiary/aromatic N) is 2. The van der Waals surface area contributed by atoms with Crippen LogP contribution in [-0.2, 0) is 4.74 Å². The molecule has 0 amide bonds. The zero-order valence-corrected chi connectivity index (χ0v) is 15.8. The monoisotopic (exact) mass is 384 g/mol. The largest absolute Gasteiger partial charge is 0.465 e. The highest BCUT2D eigenvalue weighted by molar-refractivity contribution is 6.02. The highest BCUT2D eigenvalue weighted by atomic mass is 16.5. The number of aryl methyl sites for hydroxylation is 1. The average Bonchev–Trinajstić information content (AvgIpc) is 3.37. The SMILES string of the molecule is COC(=O)c1cccc2oc(-c3cccc4oc(-c5ccccc5C)nc34)nc12. The van der Waals surface area contributed by atoms with E-state index in [0.717, 1.165) is 11.1 Å². The standard InChI is InChI=1S/C23H16N2O4/c1-13-7-3-4-8-14(13)21-24-19-15(9-5-11-17(19)28-21)22-25-20-16(23(26)27-2)10-6-12-18(20)29-22/h3-12H,1-2H3. The van der Waals surface area contributed by atoms with E-state index >= 15 is 0 Å². The van der Waals surface area contributed by atoms with Gasteiger partial charge in [-0.2, -0.15) is 0 Å². The molecule has 3 aromatic carbocycles. The van der Waals surface area contributed by atoms with Crippen molar-refractivity contribution in [3.05, 3.63) is 71.8 Å². The van der Waals surface area contributed by atoms with Crippen molar-refractivity contribution in [3.63, 3.8) is 0 Å². The second-order valence-electron chi connectivity index (χ2n) is 6.65. The topological polar surface area (TPSA) is 78.4 Å². The number of methoxy groups -OCH3 is 1. The van der Waals surface area contributed by atoms with Gasteiger partial charge in [0.15, 0.2) is 11.2 Å². The van der Waals surface area contributed by atoms with Crippen LogP contribution in [0.4, 0.5) is 0 Å². The number of hydrogen-bond acceptors (Lipinski definition) is 6. The van der Waals surface area contributed by atoms with E-state index in [1.807, 2.05) is 49.4 Å². The Bertz CT molecular complexity index is 1380. The lowest BCUT2D eigenvalue weighted by atomic mass is 10.1. The van der Waals surface area contributed by atoms with Gasteiger partial charge in [0.2, 0.25) is 11.8 Å². The van der Waals surface area contributed by atoms with Crippen molar-refractivity contribution in [3.8, 4) is 22.9 Å². The predicted molar refractivity (Wildman–Crippen MR) is 109 cm³/mol. The van der Waals surface area contributed by atoms with Crippen LogP contribution in [0, 0.1) is 6.92 Å². The van der Waals surface area contributed by atoms with Crippen LogP contribution in [0.3, 0.4) is 0 Å². The molecular weight excluding hydrogens is 368 g/mol. The number of hydrogen-bond donors (Lipinski definition) is 0. The molecule has 29 heavy (non-hydrogen) atoms. The molecular formula is C23H16N2O4. The molecule has 0 aliphatic heterocycles. The second-order valence-corrected chi connectivity index (χ2v) is 6.65. The number of carbonyl (C=O) groups excluding carboxylic acids is 1. The van der Waals surface area contributed by atoms with Gasteiger partial charge in [0.25, 0.3) is 0 Å². The molecule has 0 saturated carbocycles.